The zero-order chi connectivity index (χ0) is 17.8. The summed E-state index contributed by atoms with van der Waals surface area (Å²) in [6.45, 7) is 0. The number of nitrogens with zero attached hydrogens (tertiary/aromatic N) is 4. The summed E-state index contributed by atoms with van der Waals surface area (Å²) in [5.41, 5.74) is 2.93. The first-order valence-electron chi connectivity index (χ1n) is 8.04. The van der Waals surface area contributed by atoms with Gasteiger partial charge in [0, 0.05) is 36.0 Å². The van der Waals surface area contributed by atoms with Gasteiger partial charge in [0.15, 0.2) is 0 Å². The molecule has 0 radical (unpaired) electrons. The van der Waals surface area contributed by atoms with Crippen molar-refractivity contribution in [2.75, 3.05) is 7.11 Å². The summed E-state index contributed by atoms with van der Waals surface area (Å²) in [5.74, 6) is 1.49. The normalized spacial score (nSPS) is 10.5. The second kappa shape index (κ2) is 7.06. The molecule has 4 aromatic rings. The van der Waals surface area contributed by atoms with Gasteiger partial charge >= 0.3 is 6.01 Å². The van der Waals surface area contributed by atoms with Crippen molar-refractivity contribution in [2.24, 2.45) is 0 Å². The summed E-state index contributed by atoms with van der Waals surface area (Å²) >= 11 is 0. The predicted octanol–water partition coefficient (Wildman–Crippen LogP) is 4.13. The van der Waals surface area contributed by atoms with E-state index in [2.05, 4.69) is 15.0 Å². The summed E-state index contributed by atoms with van der Waals surface area (Å²) in [7, 11) is 1.65. The van der Waals surface area contributed by atoms with Gasteiger partial charge in [-0.1, -0.05) is 12.1 Å². The van der Waals surface area contributed by atoms with E-state index in [1.54, 1.807) is 32.0 Å². The van der Waals surface area contributed by atoms with Gasteiger partial charge in [-0.3, -0.25) is 0 Å². The Hall–Kier alpha value is -3.67. The Labute approximate surface area is 150 Å². The second-order valence-electron chi connectivity index (χ2n) is 5.55. The van der Waals surface area contributed by atoms with Crippen molar-refractivity contribution in [1.29, 1.82) is 0 Å². The Morgan fingerprint density at radius 1 is 0.808 bits per heavy atom. The fourth-order valence-electron chi connectivity index (χ4n) is 2.51. The highest BCUT2D eigenvalue weighted by molar-refractivity contribution is 5.62. The molecule has 0 aliphatic rings. The molecule has 6 nitrogen and oxygen atoms in total. The molecule has 128 valence electrons. The lowest BCUT2D eigenvalue weighted by Crippen LogP contribution is -1.93. The third-order valence-corrected chi connectivity index (χ3v) is 3.90. The number of hydrogen-bond acceptors (Lipinski definition) is 5. The van der Waals surface area contributed by atoms with Crippen LogP contribution in [0.5, 0.6) is 17.5 Å². The van der Waals surface area contributed by atoms with Crippen molar-refractivity contribution in [3.8, 4) is 34.3 Å². The molecular weight excluding hydrogens is 328 g/mol. The van der Waals surface area contributed by atoms with Gasteiger partial charge in [-0.05, 0) is 42.0 Å². The Kier molecular flexibility index (Phi) is 4.30. The molecule has 0 aliphatic carbocycles. The van der Waals surface area contributed by atoms with Crippen molar-refractivity contribution in [3.05, 3.63) is 79.6 Å². The highest BCUT2D eigenvalue weighted by Crippen LogP contribution is 2.24. The first kappa shape index (κ1) is 15.8. The molecule has 0 saturated heterocycles. The van der Waals surface area contributed by atoms with Crippen LogP contribution in [0.1, 0.15) is 0 Å². The Bertz CT molecular complexity index is 964. The highest BCUT2D eigenvalue weighted by Gasteiger charge is 2.04. The fraction of sp³-hybridized carbons (Fsp3) is 0.0500. The summed E-state index contributed by atoms with van der Waals surface area (Å²) in [5, 5.41) is 0. The first-order valence-corrected chi connectivity index (χ1v) is 8.04. The van der Waals surface area contributed by atoms with Crippen LogP contribution in [0.3, 0.4) is 0 Å². The molecule has 2 heterocycles. The summed E-state index contributed by atoms with van der Waals surface area (Å²) in [4.78, 5) is 12.6. The van der Waals surface area contributed by atoms with Crippen LogP contribution in [0.25, 0.3) is 16.8 Å². The molecule has 6 heteroatoms. The second-order valence-corrected chi connectivity index (χ2v) is 5.55. The molecule has 0 spiro atoms. The van der Waals surface area contributed by atoms with Crippen LogP contribution in [0.15, 0.2) is 79.6 Å². The van der Waals surface area contributed by atoms with E-state index in [4.69, 9.17) is 9.47 Å². The maximum Gasteiger partial charge on any atom is 0.321 e. The summed E-state index contributed by atoms with van der Waals surface area (Å²) in [6.07, 6.45) is 8.85. The lowest BCUT2D eigenvalue weighted by atomic mass is 10.1. The zero-order valence-corrected chi connectivity index (χ0v) is 14.1. The molecular formula is C20H16N4O2. The standard InChI is InChI=1S/C20H16N4O2/c1-25-18-6-2-15(3-7-18)16-12-22-20(23-13-16)26-19-8-4-17(5-9-19)24-11-10-21-14-24/h2-14H,1H3. The van der Waals surface area contributed by atoms with Crippen molar-refractivity contribution in [2.45, 2.75) is 0 Å². The third kappa shape index (κ3) is 3.39. The molecule has 4 rings (SSSR count). The highest BCUT2D eigenvalue weighted by atomic mass is 16.5. The lowest BCUT2D eigenvalue weighted by molar-refractivity contribution is 0.415. The predicted molar refractivity (Wildman–Crippen MR) is 97.7 cm³/mol. The van der Waals surface area contributed by atoms with E-state index >= 15 is 0 Å². The van der Waals surface area contributed by atoms with Gasteiger partial charge in [-0.2, -0.15) is 0 Å². The van der Waals surface area contributed by atoms with Crippen LogP contribution >= 0.6 is 0 Å². The van der Waals surface area contributed by atoms with Gasteiger partial charge in [0.1, 0.15) is 11.5 Å². The number of rotatable bonds is 5. The number of ether oxygens (including phenoxy) is 2. The molecule has 26 heavy (non-hydrogen) atoms. The van der Waals surface area contributed by atoms with Gasteiger partial charge in [0.2, 0.25) is 0 Å². The Morgan fingerprint density at radius 2 is 1.50 bits per heavy atom. The van der Waals surface area contributed by atoms with Crippen LogP contribution in [-0.4, -0.2) is 26.6 Å². The van der Waals surface area contributed by atoms with E-state index in [1.807, 2.05) is 59.3 Å². The van der Waals surface area contributed by atoms with Crippen LogP contribution in [0, 0.1) is 0 Å². The molecule has 2 aromatic carbocycles. The Balaban J connectivity index is 1.47. The summed E-state index contributed by atoms with van der Waals surface area (Å²) < 4.78 is 12.8. The van der Waals surface area contributed by atoms with Crippen LogP contribution in [0.2, 0.25) is 0 Å². The molecule has 0 saturated carbocycles. The van der Waals surface area contributed by atoms with Gasteiger partial charge in [0.05, 0.1) is 13.4 Å². The van der Waals surface area contributed by atoms with E-state index in [0.717, 1.165) is 22.6 Å². The van der Waals surface area contributed by atoms with Crippen molar-refractivity contribution < 1.29 is 9.47 Å². The monoisotopic (exact) mass is 344 g/mol. The molecule has 0 N–H and O–H groups in total. The average molecular weight is 344 g/mol. The molecule has 0 fully saturated rings. The quantitative estimate of drug-likeness (QED) is 0.545. The van der Waals surface area contributed by atoms with Crippen molar-refractivity contribution >= 4 is 0 Å². The average Bonchev–Trinajstić information content (AvgIpc) is 3.24. The van der Waals surface area contributed by atoms with E-state index in [-0.39, 0.29) is 0 Å². The van der Waals surface area contributed by atoms with E-state index in [0.29, 0.717) is 11.8 Å². The largest absolute Gasteiger partial charge is 0.497 e. The number of methoxy groups -OCH3 is 1. The fourth-order valence-corrected chi connectivity index (χ4v) is 2.51. The molecule has 0 amide bonds. The van der Waals surface area contributed by atoms with Crippen molar-refractivity contribution in [1.82, 2.24) is 19.5 Å². The third-order valence-electron chi connectivity index (χ3n) is 3.90. The Morgan fingerprint density at radius 3 is 2.12 bits per heavy atom. The minimum Gasteiger partial charge on any atom is -0.497 e. The SMILES string of the molecule is COc1ccc(-c2cnc(Oc3ccc(-n4ccnc4)cc3)nc2)cc1. The maximum atomic E-state index is 5.71. The van der Waals surface area contributed by atoms with E-state index < -0.39 is 0 Å². The van der Waals surface area contributed by atoms with Crippen LogP contribution in [-0.2, 0) is 0 Å². The van der Waals surface area contributed by atoms with Gasteiger partial charge < -0.3 is 14.0 Å². The van der Waals surface area contributed by atoms with Crippen LogP contribution in [0.4, 0.5) is 0 Å². The number of aromatic nitrogens is 4. The first-order chi connectivity index (χ1) is 12.8. The molecule has 2 aromatic heterocycles. The lowest BCUT2D eigenvalue weighted by Gasteiger charge is -2.07. The van der Waals surface area contributed by atoms with Gasteiger partial charge in [-0.25, -0.2) is 15.0 Å². The molecule has 0 bridgehead atoms. The number of hydrogen-bond donors (Lipinski definition) is 0. The zero-order valence-electron chi connectivity index (χ0n) is 14.1. The van der Waals surface area contributed by atoms with E-state index in [1.165, 1.54) is 0 Å². The van der Waals surface area contributed by atoms with Crippen molar-refractivity contribution in [3.63, 3.8) is 0 Å². The summed E-state index contributed by atoms with van der Waals surface area (Å²) in [6, 6.07) is 15.7. The molecule has 0 unspecified atom stereocenters. The van der Waals surface area contributed by atoms with Crippen LogP contribution < -0.4 is 9.47 Å². The van der Waals surface area contributed by atoms with Gasteiger partial charge in [-0.15, -0.1) is 0 Å². The minimum atomic E-state index is 0.303. The minimum absolute atomic E-state index is 0.303. The maximum absolute atomic E-state index is 5.71. The topological polar surface area (TPSA) is 62.1 Å². The smallest absolute Gasteiger partial charge is 0.321 e. The number of benzene rings is 2. The molecule has 0 atom stereocenters. The number of imidazole rings is 1. The van der Waals surface area contributed by atoms with Gasteiger partial charge in [0.25, 0.3) is 0 Å². The van der Waals surface area contributed by atoms with E-state index in [9.17, 15) is 0 Å². The molecule has 0 aliphatic heterocycles.